The molecule has 0 bridgehead atoms. The first kappa shape index (κ1) is 21.3. The van der Waals surface area contributed by atoms with Gasteiger partial charge in [0.15, 0.2) is 15.6 Å². The first-order valence-corrected chi connectivity index (χ1v) is 11.0. The lowest BCUT2D eigenvalue weighted by Crippen LogP contribution is -2.35. The van der Waals surface area contributed by atoms with Gasteiger partial charge in [-0.2, -0.15) is 0 Å². The van der Waals surface area contributed by atoms with Gasteiger partial charge in [-0.15, -0.1) is 0 Å². The number of aliphatic hydroxyl groups is 1. The van der Waals surface area contributed by atoms with Crippen molar-refractivity contribution in [2.24, 2.45) is 0 Å². The molecule has 0 atom stereocenters. The topological polar surface area (TPSA) is 87.6 Å². The van der Waals surface area contributed by atoms with E-state index in [4.69, 9.17) is 11.6 Å². The van der Waals surface area contributed by atoms with Crippen LogP contribution < -0.4 is 4.90 Å². The first-order chi connectivity index (χ1) is 13.5. The Hall–Kier alpha value is -2.38. The molecular formula is C21H23ClN2O4S. The van der Waals surface area contributed by atoms with E-state index in [0.717, 1.165) is 0 Å². The zero-order chi connectivity index (χ0) is 21.7. The second-order valence-corrected chi connectivity index (χ2v) is 10.3. The predicted octanol–water partition coefficient (Wildman–Crippen LogP) is 4.46. The van der Waals surface area contributed by atoms with Gasteiger partial charge in [0.1, 0.15) is 10.6 Å². The molecular weight excluding hydrogens is 412 g/mol. The number of hydrogen-bond donors (Lipinski definition) is 1. The molecule has 1 aliphatic heterocycles. The van der Waals surface area contributed by atoms with Gasteiger partial charge in [0, 0.05) is 30.8 Å². The van der Waals surface area contributed by atoms with E-state index < -0.39 is 20.3 Å². The lowest BCUT2D eigenvalue weighted by atomic mass is 9.97. The highest BCUT2D eigenvalue weighted by atomic mass is 35.5. The smallest absolute Gasteiger partial charge is 0.226 e. The van der Waals surface area contributed by atoms with Gasteiger partial charge in [-0.05, 0) is 32.4 Å². The average molecular weight is 435 g/mol. The number of amides is 1. The van der Waals surface area contributed by atoms with Crippen LogP contribution in [-0.2, 0) is 19.4 Å². The fourth-order valence-electron chi connectivity index (χ4n) is 3.60. The Balaban J connectivity index is 2.38. The number of carbonyl (C=O) groups is 1. The van der Waals surface area contributed by atoms with E-state index in [1.165, 1.54) is 11.1 Å². The summed E-state index contributed by atoms with van der Waals surface area (Å²) in [7, 11) is -2.43. The molecule has 0 aliphatic carbocycles. The van der Waals surface area contributed by atoms with Gasteiger partial charge in [0.25, 0.3) is 0 Å². The molecule has 1 N–H and O–H groups in total. The van der Waals surface area contributed by atoms with Gasteiger partial charge in [-0.3, -0.25) is 9.78 Å². The van der Waals surface area contributed by atoms with Crippen LogP contribution in [-0.4, -0.2) is 31.5 Å². The van der Waals surface area contributed by atoms with Crippen molar-refractivity contribution in [1.82, 2.24) is 4.98 Å². The molecule has 2 aromatic rings. The van der Waals surface area contributed by atoms with E-state index >= 15 is 0 Å². The summed E-state index contributed by atoms with van der Waals surface area (Å²) in [6.07, 6.45) is 1.77. The Morgan fingerprint density at radius 2 is 1.93 bits per heavy atom. The third kappa shape index (κ3) is 3.04. The summed E-state index contributed by atoms with van der Waals surface area (Å²) in [5, 5.41) is 11.0. The quantitative estimate of drug-likeness (QED) is 0.770. The fraction of sp³-hybridized carbons (Fsp3) is 0.333. The number of pyridine rings is 1. The van der Waals surface area contributed by atoms with Crippen molar-refractivity contribution in [2.45, 2.75) is 38.9 Å². The van der Waals surface area contributed by atoms with E-state index in [1.54, 1.807) is 59.0 Å². The number of sulfone groups is 1. The molecule has 154 valence electrons. The minimum Gasteiger partial charge on any atom is -0.504 e. The van der Waals surface area contributed by atoms with Crippen molar-refractivity contribution in [2.75, 3.05) is 11.9 Å². The normalized spacial score (nSPS) is 17.0. The number of nitrogens with zero attached hydrogens (tertiary/aromatic N) is 2. The maximum Gasteiger partial charge on any atom is 0.226 e. The number of benzene rings is 1. The first-order valence-electron chi connectivity index (χ1n) is 9.16. The minimum absolute atomic E-state index is 0.0922. The van der Waals surface area contributed by atoms with Crippen molar-refractivity contribution in [3.05, 3.63) is 57.9 Å². The molecule has 1 aromatic heterocycles. The molecule has 1 aromatic carbocycles. The molecule has 0 spiro atoms. The predicted molar refractivity (Wildman–Crippen MR) is 116 cm³/mol. The minimum atomic E-state index is -4.02. The van der Waals surface area contributed by atoms with E-state index in [-0.39, 0.29) is 33.5 Å². The number of fused-ring (bicyclic) bond motifs is 1. The van der Waals surface area contributed by atoms with Gasteiger partial charge in [-0.25, -0.2) is 8.42 Å². The van der Waals surface area contributed by atoms with Crippen LogP contribution in [0.2, 0.25) is 5.02 Å². The zero-order valence-electron chi connectivity index (χ0n) is 16.9. The van der Waals surface area contributed by atoms with Crippen LogP contribution in [0.1, 0.15) is 49.6 Å². The maximum absolute atomic E-state index is 13.5. The van der Waals surface area contributed by atoms with Crippen molar-refractivity contribution in [3.63, 3.8) is 0 Å². The number of aromatic nitrogens is 1. The lowest BCUT2D eigenvalue weighted by Gasteiger charge is -2.33. The third-order valence-electron chi connectivity index (χ3n) is 5.41. The molecule has 1 aliphatic rings. The van der Waals surface area contributed by atoms with E-state index in [0.29, 0.717) is 16.8 Å². The van der Waals surface area contributed by atoms with Crippen molar-refractivity contribution < 1.29 is 18.3 Å². The highest BCUT2D eigenvalue weighted by Gasteiger charge is 2.48. The Morgan fingerprint density at radius 3 is 2.55 bits per heavy atom. The summed E-state index contributed by atoms with van der Waals surface area (Å²) in [6.45, 7) is 6.67. The lowest BCUT2D eigenvalue weighted by molar-refractivity contribution is -0.118. The standard InChI is InChI=1S/C21H23ClN2O4S/c1-6-15(25)24(5)18-12(2)9-10-13(16(18)22)20-19(26)17-14(8-7-11-23-17)21(3,4)29(20,27)28/h7-11,26H,6H2,1-5H3. The highest BCUT2D eigenvalue weighted by molar-refractivity contribution is 8.01. The molecule has 0 radical (unpaired) electrons. The van der Waals surface area contributed by atoms with Gasteiger partial charge in [0.05, 0.1) is 15.5 Å². The number of hydrogen-bond acceptors (Lipinski definition) is 5. The van der Waals surface area contributed by atoms with E-state index in [9.17, 15) is 18.3 Å². The summed E-state index contributed by atoms with van der Waals surface area (Å²) < 4.78 is 25.7. The number of aliphatic hydroxyl groups excluding tert-OH is 1. The molecule has 0 unspecified atom stereocenters. The van der Waals surface area contributed by atoms with Gasteiger partial charge in [-0.1, -0.05) is 36.7 Å². The monoisotopic (exact) mass is 434 g/mol. The summed E-state index contributed by atoms with van der Waals surface area (Å²) in [4.78, 5) is 17.6. The van der Waals surface area contributed by atoms with Crippen molar-refractivity contribution in [1.29, 1.82) is 0 Å². The summed E-state index contributed by atoms with van der Waals surface area (Å²) in [6, 6.07) is 6.52. The molecule has 1 amide bonds. The van der Waals surface area contributed by atoms with E-state index in [2.05, 4.69) is 4.98 Å². The van der Waals surface area contributed by atoms with Crippen LogP contribution in [0.3, 0.4) is 0 Å². The zero-order valence-corrected chi connectivity index (χ0v) is 18.5. The maximum atomic E-state index is 13.5. The molecule has 6 nitrogen and oxygen atoms in total. The van der Waals surface area contributed by atoms with Crippen LogP contribution in [0.25, 0.3) is 10.7 Å². The van der Waals surface area contributed by atoms with Crippen LogP contribution in [0, 0.1) is 6.92 Å². The SMILES string of the molecule is CCC(=O)N(C)c1c(C)ccc(C2=C(O)c3ncccc3C(C)(C)S2(=O)=O)c1Cl. The Morgan fingerprint density at radius 1 is 1.28 bits per heavy atom. The summed E-state index contributed by atoms with van der Waals surface area (Å²) >= 11 is 6.63. The Kier molecular flexibility index (Phi) is 5.26. The Labute approximate surface area is 175 Å². The summed E-state index contributed by atoms with van der Waals surface area (Å²) in [5.74, 6) is -0.606. The van der Waals surface area contributed by atoms with Crippen molar-refractivity contribution >= 4 is 43.7 Å². The van der Waals surface area contributed by atoms with Gasteiger partial charge >= 0.3 is 0 Å². The number of anilines is 1. The second kappa shape index (κ2) is 7.15. The molecule has 2 heterocycles. The molecule has 0 saturated carbocycles. The molecule has 3 rings (SSSR count). The fourth-order valence-corrected chi connectivity index (χ4v) is 5.86. The van der Waals surface area contributed by atoms with Crippen LogP contribution in [0.15, 0.2) is 30.5 Å². The third-order valence-corrected chi connectivity index (χ3v) is 8.31. The van der Waals surface area contributed by atoms with Crippen LogP contribution in [0.5, 0.6) is 0 Å². The van der Waals surface area contributed by atoms with E-state index in [1.807, 2.05) is 0 Å². The molecule has 0 saturated heterocycles. The Bertz CT molecular complexity index is 1150. The average Bonchev–Trinajstić information content (AvgIpc) is 2.67. The van der Waals surface area contributed by atoms with Crippen LogP contribution >= 0.6 is 11.6 Å². The van der Waals surface area contributed by atoms with Gasteiger partial charge in [0.2, 0.25) is 5.91 Å². The number of carbonyl (C=O) groups excluding carboxylic acids is 1. The highest BCUT2D eigenvalue weighted by Crippen LogP contribution is 2.50. The number of aryl methyl sites for hydroxylation is 1. The number of rotatable bonds is 3. The molecule has 0 fully saturated rings. The number of halogens is 1. The summed E-state index contributed by atoms with van der Waals surface area (Å²) in [5.41, 5.74) is 1.90. The molecule has 29 heavy (non-hydrogen) atoms. The van der Waals surface area contributed by atoms with Crippen LogP contribution in [0.4, 0.5) is 5.69 Å². The largest absolute Gasteiger partial charge is 0.504 e. The second-order valence-electron chi connectivity index (χ2n) is 7.49. The van der Waals surface area contributed by atoms with Crippen molar-refractivity contribution in [3.8, 4) is 0 Å². The molecule has 8 heteroatoms. The van der Waals surface area contributed by atoms with Gasteiger partial charge < -0.3 is 10.0 Å².